The van der Waals surface area contributed by atoms with E-state index in [2.05, 4.69) is 10.3 Å². The van der Waals surface area contributed by atoms with Crippen molar-refractivity contribution in [1.29, 1.82) is 0 Å². The van der Waals surface area contributed by atoms with Gasteiger partial charge in [0.05, 0.1) is 5.41 Å². The summed E-state index contributed by atoms with van der Waals surface area (Å²) >= 11 is 0. The topological polar surface area (TPSA) is 65.5 Å². The van der Waals surface area contributed by atoms with Gasteiger partial charge in [-0.15, -0.1) is 0 Å². The molecule has 5 nitrogen and oxygen atoms in total. The van der Waals surface area contributed by atoms with Crippen molar-refractivity contribution in [2.75, 3.05) is 20.6 Å². The van der Waals surface area contributed by atoms with Crippen LogP contribution in [0.3, 0.4) is 0 Å². The number of aromatic hydroxyl groups is 1. The fourth-order valence-corrected chi connectivity index (χ4v) is 4.20. The van der Waals surface area contributed by atoms with Crippen LogP contribution < -0.4 is 5.32 Å². The number of phenols is 1. The molecule has 1 saturated carbocycles. The molecule has 1 aromatic carbocycles. The van der Waals surface area contributed by atoms with Crippen LogP contribution in [0.15, 0.2) is 42.7 Å². The second-order valence-corrected chi connectivity index (χ2v) is 9.00. The first-order valence-electron chi connectivity index (χ1n) is 10.7. The molecule has 0 aliphatic heterocycles. The van der Waals surface area contributed by atoms with E-state index in [0.717, 1.165) is 11.1 Å². The highest BCUT2D eigenvalue weighted by Crippen LogP contribution is 2.66. The van der Waals surface area contributed by atoms with Gasteiger partial charge >= 0.3 is 6.18 Å². The van der Waals surface area contributed by atoms with Crippen LogP contribution in [0.1, 0.15) is 41.9 Å². The summed E-state index contributed by atoms with van der Waals surface area (Å²) in [6, 6.07) is 8.49. The van der Waals surface area contributed by atoms with Gasteiger partial charge in [0.1, 0.15) is 5.75 Å². The number of nitrogens with zero attached hydrogens (tertiary/aromatic N) is 2. The number of nitrogens with one attached hydrogen (secondary N) is 1. The Bertz CT molecular complexity index is 925. The minimum atomic E-state index is -4.37. The Balaban J connectivity index is 1.70. The minimum absolute atomic E-state index is 0.0313. The Labute approximate surface area is 186 Å². The van der Waals surface area contributed by atoms with E-state index < -0.39 is 23.4 Å². The van der Waals surface area contributed by atoms with Gasteiger partial charge in [-0.2, -0.15) is 13.2 Å². The average Bonchev–Trinajstić information content (AvgIpc) is 3.52. The van der Waals surface area contributed by atoms with Crippen molar-refractivity contribution < 1.29 is 23.1 Å². The zero-order valence-electron chi connectivity index (χ0n) is 18.6. The molecule has 1 aliphatic carbocycles. The Morgan fingerprint density at radius 2 is 1.88 bits per heavy atom. The highest BCUT2D eigenvalue weighted by molar-refractivity contribution is 5.77. The van der Waals surface area contributed by atoms with Crippen molar-refractivity contribution in [1.82, 2.24) is 15.2 Å². The smallest absolute Gasteiger partial charge is 0.395 e. The summed E-state index contributed by atoms with van der Waals surface area (Å²) in [5, 5.41) is 12.3. The lowest BCUT2D eigenvalue weighted by molar-refractivity contribution is -0.194. The highest BCUT2D eigenvalue weighted by atomic mass is 19.4. The van der Waals surface area contributed by atoms with E-state index in [1.54, 1.807) is 31.3 Å². The molecule has 1 fully saturated rings. The maximum atomic E-state index is 13.9. The molecule has 0 saturated heterocycles. The SMILES string of the molecule is Cc1cncc([C@@H](CC(=O)NC[C@H](Cc2ccc(O)cc2)N(C)C)C2(C(F)(F)F)CC2)c1. The first-order chi connectivity index (χ1) is 15.0. The number of benzene rings is 1. The van der Waals surface area contributed by atoms with Crippen LogP contribution in [0.25, 0.3) is 0 Å². The number of halogens is 3. The number of likely N-dealkylation sites (N-methyl/N-ethyl adjacent to an activating group) is 1. The van der Waals surface area contributed by atoms with Gasteiger partial charge in [-0.1, -0.05) is 18.2 Å². The maximum Gasteiger partial charge on any atom is 0.395 e. The maximum absolute atomic E-state index is 13.9. The van der Waals surface area contributed by atoms with Crippen LogP contribution in [0.2, 0.25) is 0 Å². The van der Waals surface area contributed by atoms with E-state index in [1.807, 2.05) is 31.1 Å². The molecular formula is C24H30F3N3O2. The molecule has 0 bridgehead atoms. The van der Waals surface area contributed by atoms with Gasteiger partial charge < -0.3 is 15.3 Å². The zero-order chi connectivity index (χ0) is 23.5. The van der Waals surface area contributed by atoms with Crippen LogP contribution in [0.5, 0.6) is 5.75 Å². The van der Waals surface area contributed by atoms with E-state index in [4.69, 9.17) is 0 Å². The van der Waals surface area contributed by atoms with Crippen LogP contribution in [0, 0.1) is 12.3 Å². The summed E-state index contributed by atoms with van der Waals surface area (Å²) in [4.78, 5) is 18.8. The van der Waals surface area contributed by atoms with Gasteiger partial charge in [0.25, 0.3) is 0 Å². The van der Waals surface area contributed by atoms with Gasteiger partial charge in [0.15, 0.2) is 0 Å². The Morgan fingerprint density at radius 3 is 2.41 bits per heavy atom. The van der Waals surface area contributed by atoms with Crippen molar-refractivity contribution >= 4 is 5.91 Å². The number of pyridine rings is 1. The zero-order valence-corrected chi connectivity index (χ0v) is 18.6. The van der Waals surface area contributed by atoms with Crippen LogP contribution in [0.4, 0.5) is 13.2 Å². The summed E-state index contributed by atoms with van der Waals surface area (Å²) in [5.41, 5.74) is 0.372. The van der Waals surface area contributed by atoms with Crippen LogP contribution in [-0.2, 0) is 11.2 Å². The van der Waals surface area contributed by atoms with Gasteiger partial charge in [-0.05, 0) is 69.1 Å². The van der Waals surface area contributed by atoms with Crippen LogP contribution in [-0.4, -0.2) is 53.8 Å². The lowest BCUT2D eigenvalue weighted by atomic mass is 9.80. The fraction of sp³-hybridized carbons (Fsp3) is 0.500. The summed E-state index contributed by atoms with van der Waals surface area (Å²) < 4.78 is 41.7. The lowest BCUT2D eigenvalue weighted by Crippen LogP contribution is -2.42. The number of aryl methyl sites for hydroxylation is 1. The normalized spacial score (nSPS) is 17.1. The van der Waals surface area contributed by atoms with Gasteiger partial charge in [0.2, 0.25) is 5.91 Å². The molecule has 1 aliphatic rings. The lowest BCUT2D eigenvalue weighted by Gasteiger charge is -2.30. The number of hydrogen-bond acceptors (Lipinski definition) is 4. The number of phenolic OH excluding ortho intramolecular Hbond substituents is 1. The average molecular weight is 450 g/mol. The molecule has 2 aromatic rings. The summed E-state index contributed by atoms with van der Waals surface area (Å²) in [6.07, 6.45) is -0.863. The first kappa shape index (κ1) is 24.0. The minimum Gasteiger partial charge on any atom is -0.508 e. The monoisotopic (exact) mass is 449 g/mol. The quantitative estimate of drug-likeness (QED) is 0.602. The molecule has 32 heavy (non-hydrogen) atoms. The van der Waals surface area contributed by atoms with E-state index >= 15 is 0 Å². The molecule has 1 amide bonds. The highest BCUT2D eigenvalue weighted by Gasteiger charge is 2.67. The van der Waals surface area contributed by atoms with Gasteiger partial charge in [0, 0.05) is 37.3 Å². The molecule has 3 rings (SSSR count). The molecule has 174 valence electrons. The third-order valence-corrected chi connectivity index (χ3v) is 6.38. The molecule has 0 spiro atoms. The van der Waals surface area contributed by atoms with Gasteiger partial charge in [-0.25, -0.2) is 0 Å². The number of carbonyl (C=O) groups excluding carboxylic acids is 1. The van der Waals surface area contributed by atoms with E-state index in [9.17, 15) is 23.1 Å². The van der Waals surface area contributed by atoms with Crippen molar-refractivity contribution in [3.05, 3.63) is 59.4 Å². The van der Waals surface area contributed by atoms with E-state index in [-0.39, 0.29) is 31.1 Å². The van der Waals surface area contributed by atoms with Crippen molar-refractivity contribution in [2.24, 2.45) is 5.41 Å². The van der Waals surface area contributed by atoms with Crippen LogP contribution >= 0.6 is 0 Å². The molecule has 0 unspecified atom stereocenters. The summed E-state index contributed by atoms with van der Waals surface area (Å²) in [5.74, 6) is -1.17. The molecular weight excluding hydrogens is 419 g/mol. The second-order valence-electron chi connectivity index (χ2n) is 9.00. The van der Waals surface area contributed by atoms with Crippen molar-refractivity contribution in [3.63, 3.8) is 0 Å². The molecule has 2 atom stereocenters. The molecule has 1 aromatic heterocycles. The molecule has 8 heteroatoms. The molecule has 2 N–H and O–H groups in total. The second kappa shape index (κ2) is 9.48. The Hall–Kier alpha value is -2.61. The predicted molar refractivity (Wildman–Crippen MR) is 116 cm³/mol. The third kappa shape index (κ3) is 5.59. The summed E-state index contributed by atoms with van der Waals surface area (Å²) in [7, 11) is 3.78. The van der Waals surface area contributed by atoms with E-state index in [1.165, 1.54) is 6.20 Å². The number of carbonyl (C=O) groups is 1. The Morgan fingerprint density at radius 1 is 1.22 bits per heavy atom. The van der Waals surface area contributed by atoms with E-state index in [0.29, 0.717) is 18.5 Å². The van der Waals surface area contributed by atoms with Crippen molar-refractivity contribution in [3.8, 4) is 5.75 Å². The fourth-order valence-electron chi connectivity index (χ4n) is 4.20. The number of aromatic nitrogens is 1. The largest absolute Gasteiger partial charge is 0.508 e. The molecule has 1 heterocycles. The standard InChI is InChI=1S/C24H30F3N3O2/c1-16-10-18(14-28-13-16)21(23(8-9-23)24(25,26)27)12-22(32)29-15-19(30(2)3)11-17-4-6-20(31)7-5-17/h4-7,10,13-14,19,21,31H,8-9,11-12,15H2,1-3H3,(H,29,32)/t19-,21+/m0/s1. The Kier molecular flexibility index (Phi) is 7.12. The van der Waals surface area contributed by atoms with Crippen molar-refractivity contribution in [2.45, 2.75) is 50.7 Å². The first-order valence-corrected chi connectivity index (χ1v) is 10.7. The number of rotatable bonds is 9. The summed E-state index contributed by atoms with van der Waals surface area (Å²) in [6.45, 7) is 2.09. The molecule has 0 radical (unpaired) electrons. The predicted octanol–water partition coefficient (Wildman–Crippen LogP) is 4.20. The number of hydrogen-bond donors (Lipinski definition) is 2. The number of alkyl halides is 3. The van der Waals surface area contributed by atoms with Gasteiger partial charge in [-0.3, -0.25) is 9.78 Å². The third-order valence-electron chi connectivity index (χ3n) is 6.38. The number of amides is 1.